The maximum atomic E-state index is 12.6. The molecule has 34 heavy (non-hydrogen) atoms. The van der Waals surface area contributed by atoms with E-state index < -0.39 is 5.91 Å². The lowest BCUT2D eigenvalue weighted by atomic mass is 10.2. The Morgan fingerprint density at radius 3 is 2.65 bits per heavy atom. The van der Waals surface area contributed by atoms with Gasteiger partial charge in [0.25, 0.3) is 5.91 Å². The minimum Gasteiger partial charge on any atom is -0.493 e. The molecule has 3 N–H and O–H groups in total. The molecule has 0 spiro atoms. The van der Waals surface area contributed by atoms with Gasteiger partial charge in [-0.05, 0) is 36.8 Å². The molecule has 0 aliphatic heterocycles. The number of nitrogens with zero attached hydrogens (tertiary/aromatic N) is 4. The highest BCUT2D eigenvalue weighted by Gasteiger charge is 2.21. The number of carbonyl (C=O) groups is 1. The van der Waals surface area contributed by atoms with Crippen LogP contribution >= 0.6 is 11.6 Å². The summed E-state index contributed by atoms with van der Waals surface area (Å²) >= 11 is 5.89. The van der Waals surface area contributed by atoms with Crippen molar-refractivity contribution in [2.45, 2.75) is 20.0 Å². The number of halogens is 1. The van der Waals surface area contributed by atoms with Gasteiger partial charge < -0.3 is 24.9 Å². The molecule has 2 heterocycles. The number of benzene rings is 2. The molecule has 0 saturated carbocycles. The van der Waals surface area contributed by atoms with Crippen molar-refractivity contribution in [3.8, 4) is 23.0 Å². The van der Waals surface area contributed by atoms with Crippen molar-refractivity contribution in [2.24, 2.45) is 0 Å². The molecule has 0 fully saturated rings. The maximum Gasteiger partial charge on any atom is 0.275 e. The number of amides is 1. The highest BCUT2D eigenvalue weighted by molar-refractivity contribution is 6.30. The van der Waals surface area contributed by atoms with E-state index in [-0.39, 0.29) is 18.1 Å². The molecule has 0 radical (unpaired) electrons. The van der Waals surface area contributed by atoms with Crippen LogP contribution in [0.15, 0.2) is 46.9 Å². The summed E-state index contributed by atoms with van der Waals surface area (Å²) in [6, 6.07) is 12.6. The number of rotatable bonds is 8. The maximum absolute atomic E-state index is 12.6. The van der Waals surface area contributed by atoms with Crippen LogP contribution < -0.4 is 20.5 Å². The second kappa shape index (κ2) is 9.84. The molecule has 2 aromatic carbocycles. The molecule has 4 aromatic rings. The molecule has 0 bridgehead atoms. The lowest BCUT2D eigenvalue weighted by Crippen LogP contribution is -2.24. The van der Waals surface area contributed by atoms with Crippen LogP contribution in [0.3, 0.4) is 0 Å². The van der Waals surface area contributed by atoms with Gasteiger partial charge in [-0.3, -0.25) is 4.79 Å². The smallest absolute Gasteiger partial charge is 0.275 e. The number of methoxy groups -OCH3 is 2. The normalized spacial score (nSPS) is 10.8. The fraction of sp³-hybridized carbons (Fsp3) is 0.217. The summed E-state index contributed by atoms with van der Waals surface area (Å²) in [6.45, 7) is 2.26. The molecule has 1 amide bonds. The Morgan fingerprint density at radius 2 is 1.94 bits per heavy atom. The summed E-state index contributed by atoms with van der Waals surface area (Å²) in [5, 5.41) is 11.4. The largest absolute Gasteiger partial charge is 0.493 e. The number of para-hydroxylation sites is 1. The van der Waals surface area contributed by atoms with Gasteiger partial charge in [0.1, 0.15) is 11.5 Å². The predicted octanol–water partition coefficient (Wildman–Crippen LogP) is 3.47. The summed E-state index contributed by atoms with van der Waals surface area (Å²) in [6.07, 6.45) is 0. The molecule has 0 saturated heterocycles. The van der Waals surface area contributed by atoms with Crippen LogP contribution in [-0.2, 0) is 13.1 Å². The first kappa shape index (κ1) is 23.1. The zero-order valence-electron chi connectivity index (χ0n) is 18.8. The van der Waals surface area contributed by atoms with E-state index in [1.54, 1.807) is 39.3 Å². The fourth-order valence-electron chi connectivity index (χ4n) is 3.35. The van der Waals surface area contributed by atoms with E-state index in [0.29, 0.717) is 46.0 Å². The summed E-state index contributed by atoms with van der Waals surface area (Å²) in [5.74, 6) is 1.70. The van der Waals surface area contributed by atoms with Gasteiger partial charge in [0.05, 0.1) is 26.3 Å². The first-order valence-corrected chi connectivity index (χ1v) is 10.7. The van der Waals surface area contributed by atoms with Crippen molar-refractivity contribution in [3.63, 3.8) is 0 Å². The number of hydrogen-bond donors (Lipinski definition) is 2. The third kappa shape index (κ3) is 4.67. The molecule has 0 unspecified atom stereocenters. The number of nitrogens with one attached hydrogen (secondary N) is 1. The molecule has 176 valence electrons. The Bertz CT molecular complexity index is 1320. The zero-order valence-corrected chi connectivity index (χ0v) is 19.6. The summed E-state index contributed by atoms with van der Waals surface area (Å²) in [5.41, 5.74) is 8.31. The second-order valence-electron chi connectivity index (χ2n) is 7.35. The van der Waals surface area contributed by atoms with Crippen LogP contribution in [0.25, 0.3) is 11.5 Å². The summed E-state index contributed by atoms with van der Waals surface area (Å²) in [4.78, 5) is 17.1. The Labute approximate surface area is 200 Å². The van der Waals surface area contributed by atoms with Crippen molar-refractivity contribution in [2.75, 3.05) is 20.0 Å². The fourth-order valence-corrected chi connectivity index (χ4v) is 3.48. The molecule has 10 nitrogen and oxygen atoms in total. The van der Waals surface area contributed by atoms with Crippen molar-refractivity contribution in [3.05, 3.63) is 70.2 Å². The summed E-state index contributed by atoms with van der Waals surface area (Å²) in [7, 11) is 3.11. The number of aromatic nitrogens is 4. The van der Waals surface area contributed by atoms with E-state index in [0.717, 1.165) is 5.56 Å². The monoisotopic (exact) mass is 482 g/mol. The number of ether oxygens (including phenoxy) is 2. The lowest BCUT2D eigenvalue weighted by Gasteiger charge is -2.09. The first-order chi connectivity index (χ1) is 16.4. The average molecular weight is 483 g/mol. The van der Waals surface area contributed by atoms with Crippen LogP contribution in [0, 0.1) is 6.92 Å². The van der Waals surface area contributed by atoms with E-state index in [1.165, 1.54) is 4.68 Å². The SMILES string of the molecule is COc1cccc(-c2nc(Cn3nnc(C(=O)NCc4ccc(Cl)cc4)c3N)c(C)o2)c1OC. The zero-order chi connectivity index (χ0) is 24.2. The van der Waals surface area contributed by atoms with Gasteiger partial charge in [-0.15, -0.1) is 5.10 Å². The topological polar surface area (TPSA) is 130 Å². The van der Waals surface area contributed by atoms with Gasteiger partial charge in [-0.1, -0.05) is 35.0 Å². The number of nitrogen functional groups attached to an aromatic ring is 1. The number of anilines is 1. The molecule has 0 aliphatic carbocycles. The average Bonchev–Trinajstić information content (AvgIpc) is 3.40. The quantitative estimate of drug-likeness (QED) is 0.390. The first-order valence-electron chi connectivity index (χ1n) is 10.3. The van der Waals surface area contributed by atoms with Gasteiger partial charge in [-0.25, -0.2) is 9.67 Å². The van der Waals surface area contributed by atoms with Crippen LogP contribution in [0.4, 0.5) is 5.82 Å². The number of aryl methyl sites for hydroxylation is 1. The van der Waals surface area contributed by atoms with Crippen molar-refractivity contribution in [1.82, 2.24) is 25.3 Å². The van der Waals surface area contributed by atoms with Crippen LogP contribution in [0.2, 0.25) is 5.02 Å². The van der Waals surface area contributed by atoms with E-state index in [4.69, 9.17) is 31.2 Å². The van der Waals surface area contributed by atoms with E-state index in [2.05, 4.69) is 20.6 Å². The number of oxazole rings is 1. The van der Waals surface area contributed by atoms with Gasteiger partial charge in [-0.2, -0.15) is 0 Å². The molecule has 4 rings (SSSR count). The highest BCUT2D eigenvalue weighted by atomic mass is 35.5. The lowest BCUT2D eigenvalue weighted by molar-refractivity contribution is 0.0946. The minimum absolute atomic E-state index is 0.0322. The van der Waals surface area contributed by atoms with Crippen LogP contribution in [0.1, 0.15) is 27.5 Å². The third-order valence-electron chi connectivity index (χ3n) is 5.18. The van der Waals surface area contributed by atoms with Crippen molar-refractivity contribution >= 4 is 23.3 Å². The third-order valence-corrected chi connectivity index (χ3v) is 5.43. The van der Waals surface area contributed by atoms with Gasteiger partial charge in [0.2, 0.25) is 5.89 Å². The van der Waals surface area contributed by atoms with Crippen LogP contribution in [0.5, 0.6) is 11.5 Å². The Kier molecular flexibility index (Phi) is 6.69. The Morgan fingerprint density at radius 1 is 1.18 bits per heavy atom. The van der Waals surface area contributed by atoms with E-state index in [1.807, 2.05) is 24.3 Å². The van der Waals surface area contributed by atoms with E-state index in [9.17, 15) is 4.79 Å². The number of nitrogens with two attached hydrogens (primary N) is 1. The number of carbonyl (C=O) groups excluding carboxylic acids is 1. The predicted molar refractivity (Wildman–Crippen MR) is 126 cm³/mol. The Hall–Kier alpha value is -4.05. The van der Waals surface area contributed by atoms with Crippen molar-refractivity contribution < 1.29 is 18.7 Å². The standard InChI is InChI=1S/C23H23ClN6O4/c1-13-17(27-23(34-13)16-5-4-6-18(32-2)20(16)33-3)12-30-21(25)19(28-29-30)22(31)26-11-14-7-9-15(24)10-8-14/h4-10H,11-12,25H2,1-3H3,(H,26,31). The van der Waals surface area contributed by atoms with Gasteiger partial charge in [0.15, 0.2) is 23.0 Å². The molecular weight excluding hydrogens is 460 g/mol. The Balaban J connectivity index is 1.51. The van der Waals surface area contributed by atoms with Gasteiger partial charge >= 0.3 is 0 Å². The van der Waals surface area contributed by atoms with Crippen LogP contribution in [-0.4, -0.2) is 40.1 Å². The van der Waals surface area contributed by atoms with Crippen molar-refractivity contribution in [1.29, 1.82) is 0 Å². The summed E-state index contributed by atoms with van der Waals surface area (Å²) < 4.78 is 18.1. The molecular formula is C23H23ClN6O4. The highest BCUT2D eigenvalue weighted by Crippen LogP contribution is 2.38. The number of hydrogen-bond acceptors (Lipinski definition) is 8. The molecule has 0 aliphatic rings. The molecule has 2 aromatic heterocycles. The molecule has 0 atom stereocenters. The van der Waals surface area contributed by atoms with E-state index >= 15 is 0 Å². The minimum atomic E-state index is -0.433. The van der Waals surface area contributed by atoms with Gasteiger partial charge in [0, 0.05) is 11.6 Å². The molecule has 11 heteroatoms. The second-order valence-corrected chi connectivity index (χ2v) is 7.79.